The fourth-order valence-corrected chi connectivity index (χ4v) is 4.44. The molecule has 0 radical (unpaired) electrons. The Bertz CT molecular complexity index is 1250. The molecule has 2 aromatic carbocycles. The van der Waals surface area contributed by atoms with Gasteiger partial charge in [-0.15, -0.1) is 0 Å². The van der Waals surface area contributed by atoms with E-state index in [1.54, 1.807) is 0 Å². The first-order valence-corrected chi connectivity index (χ1v) is 11.9. The Morgan fingerprint density at radius 1 is 1.09 bits per heavy atom. The Kier molecular flexibility index (Phi) is 7.72. The minimum atomic E-state index is -3.94. The predicted octanol–water partition coefficient (Wildman–Crippen LogP) is 2.80. The highest BCUT2D eigenvalue weighted by molar-refractivity contribution is 9.10. The van der Waals surface area contributed by atoms with Gasteiger partial charge in [0.05, 0.1) is 32.2 Å². The minimum absolute atomic E-state index is 0.0198. The van der Waals surface area contributed by atoms with Crippen LogP contribution in [0.5, 0.6) is 11.5 Å². The highest BCUT2D eigenvalue weighted by Gasteiger charge is 2.26. The van der Waals surface area contributed by atoms with Crippen LogP contribution in [0.2, 0.25) is 0 Å². The summed E-state index contributed by atoms with van der Waals surface area (Å²) in [7, 11) is 1.79. The van der Waals surface area contributed by atoms with Crippen LogP contribution in [-0.2, 0) is 21.4 Å². The molecular formula is C21H23BrN4O6S. The van der Waals surface area contributed by atoms with Gasteiger partial charge in [0.25, 0.3) is 0 Å². The van der Waals surface area contributed by atoms with Crippen LogP contribution in [0.15, 0.2) is 56.4 Å². The number of rotatable bonds is 9. The summed E-state index contributed by atoms with van der Waals surface area (Å²) >= 11 is 3.39. The Hall–Kier alpha value is -2.96. The summed E-state index contributed by atoms with van der Waals surface area (Å²) in [5.74, 6) is 0.847. The number of hydrogen-bond donors (Lipinski definition) is 0. The number of nitrogens with zero attached hydrogens (tertiary/aromatic N) is 4. The lowest BCUT2D eigenvalue weighted by Crippen LogP contribution is -2.39. The van der Waals surface area contributed by atoms with Crippen molar-refractivity contribution >= 4 is 31.9 Å². The van der Waals surface area contributed by atoms with E-state index in [0.29, 0.717) is 11.6 Å². The van der Waals surface area contributed by atoms with Crippen molar-refractivity contribution in [1.29, 1.82) is 0 Å². The molecule has 3 aromatic rings. The van der Waals surface area contributed by atoms with Crippen LogP contribution in [0.1, 0.15) is 5.89 Å². The van der Waals surface area contributed by atoms with Crippen molar-refractivity contribution in [3.05, 3.63) is 52.8 Å². The molecule has 0 atom stereocenters. The maximum atomic E-state index is 12.9. The topological polar surface area (TPSA) is 115 Å². The van der Waals surface area contributed by atoms with Gasteiger partial charge in [-0.05, 0) is 24.3 Å². The first-order chi connectivity index (χ1) is 15.6. The molecule has 1 amide bonds. The maximum absolute atomic E-state index is 12.9. The van der Waals surface area contributed by atoms with Gasteiger partial charge in [-0.1, -0.05) is 33.2 Å². The summed E-state index contributed by atoms with van der Waals surface area (Å²) in [6.07, 6.45) is 0. The molecule has 0 saturated heterocycles. The number of carbonyl (C=O) groups excluding carboxylic acids is 1. The second kappa shape index (κ2) is 10.3. The zero-order valence-electron chi connectivity index (χ0n) is 18.5. The number of sulfonamides is 1. The zero-order valence-corrected chi connectivity index (χ0v) is 20.9. The quantitative estimate of drug-likeness (QED) is 0.408. The van der Waals surface area contributed by atoms with Crippen LogP contribution in [-0.4, -0.2) is 68.5 Å². The molecule has 10 nitrogen and oxygen atoms in total. The maximum Gasteiger partial charge on any atom is 0.246 e. The van der Waals surface area contributed by atoms with Crippen molar-refractivity contribution in [2.45, 2.75) is 11.4 Å². The molecule has 1 aromatic heterocycles. The van der Waals surface area contributed by atoms with Gasteiger partial charge in [-0.2, -0.15) is 9.29 Å². The number of halogens is 1. The van der Waals surface area contributed by atoms with E-state index >= 15 is 0 Å². The number of carbonyl (C=O) groups is 1. The van der Waals surface area contributed by atoms with E-state index in [2.05, 4.69) is 26.1 Å². The largest absolute Gasteiger partial charge is 0.493 e. The molecule has 0 aliphatic carbocycles. The molecule has 176 valence electrons. The number of hydrogen-bond acceptors (Lipinski definition) is 8. The Labute approximate surface area is 200 Å². The number of likely N-dealkylation sites (N-methyl/N-ethyl adjacent to an activating group) is 2. The second-order valence-electron chi connectivity index (χ2n) is 7.05. The van der Waals surface area contributed by atoms with Gasteiger partial charge in [-0.3, -0.25) is 4.79 Å². The lowest BCUT2D eigenvalue weighted by molar-refractivity contribution is -0.130. The molecule has 33 heavy (non-hydrogen) atoms. The van der Waals surface area contributed by atoms with Crippen molar-refractivity contribution in [3.63, 3.8) is 0 Å². The SMILES string of the molecule is COc1ccc(S(=O)(=O)N(C)CC(=O)N(C)Cc2nc(-c3cccc(Br)c3)no2)cc1OC. The molecule has 0 unspecified atom stereocenters. The summed E-state index contributed by atoms with van der Waals surface area (Å²) in [5, 5.41) is 3.94. The van der Waals surface area contributed by atoms with E-state index in [9.17, 15) is 13.2 Å². The molecule has 1 heterocycles. The molecule has 0 spiro atoms. The van der Waals surface area contributed by atoms with E-state index in [-0.39, 0.29) is 29.6 Å². The Morgan fingerprint density at radius 3 is 2.48 bits per heavy atom. The van der Waals surface area contributed by atoms with Crippen LogP contribution >= 0.6 is 15.9 Å². The standard InChI is InChI=1S/C21H23BrN4O6S/c1-25(12-19-23-21(24-32-19)14-6-5-7-15(22)10-14)20(27)13-26(2)33(28,29)16-8-9-17(30-3)18(11-16)31-4/h5-11H,12-13H2,1-4H3. The lowest BCUT2D eigenvalue weighted by atomic mass is 10.2. The van der Waals surface area contributed by atoms with Crippen molar-refractivity contribution in [2.24, 2.45) is 0 Å². The van der Waals surface area contributed by atoms with Crippen LogP contribution < -0.4 is 9.47 Å². The average Bonchev–Trinajstić information content (AvgIpc) is 3.26. The van der Waals surface area contributed by atoms with E-state index in [0.717, 1.165) is 14.3 Å². The van der Waals surface area contributed by atoms with Gasteiger partial charge < -0.3 is 18.9 Å². The summed E-state index contributed by atoms with van der Waals surface area (Å²) in [6, 6.07) is 11.6. The summed E-state index contributed by atoms with van der Waals surface area (Å²) in [6.45, 7) is -0.343. The first-order valence-electron chi connectivity index (χ1n) is 9.66. The van der Waals surface area contributed by atoms with Crippen molar-refractivity contribution in [2.75, 3.05) is 34.9 Å². The molecule has 3 rings (SSSR count). The van der Waals surface area contributed by atoms with E-state index in [1.165, 1.54) is 51.4 Å². The second-order valence-corrected chi connectivity index (χ2v) is 10.0. The molecule has 0 N–H and O–H groups in total. The van der Waals surface area contributed by atoms with Crippen LogP contribution in [0.25, 0.3) is 11.4 Å². The molecule has 0 aliphatic rings. The summed E-state index contributed by atoms with van der Waals surface area (Å²) in [5.41, 5.74) is 0.758. The number of benzene rings is 2. The number of ether oxygens (including phenoxy) is 2. The van der Waals surface area contributed by atoms with Crippen molar-refractivity contribution < 1.29 is 27.2 Å². The van der Waals surface area contributed by atoms with Gasteiger partial charge >= 0.3 is 0 Å². The molecular weight excluding hydrogens is 516 g/mol. The highest BCUT2D eigenvalue weighted by atomic mass is 79.9. The molecule has 0 saturated carbocycles. The lowest BCUT2D eigenvalue weighted by Gasteiger charge is -2.21. The normalized spacial score (nSPS) is 11.5. The van der Waals surface area contributed by atoms with Gasteiger partial charge in [0.1, 0.15) is 0 Å². The summed E-state index contributed by atoms with van der Waals surface area (Å²) < 4.78 is 43.2. The minimum Gasteiger partial charge on any atom is -0.493 e. The monoisotopic (exact) mass is 538 g/mol. The summed E-state index contributed by atoms with van der Waals surface area (Å²) in [4.78, 5) is 18.3. The Balaban J connectivity index is 1.67. The van der Waals surface area contributed by atoms with E-state index < -0.39 is 15.9 Å². The van der Waals surface area contributed by atoms with Crippen LogP contribution in [0.3, 0.4) is 0 Å². The number of amides is 1. The van der Waals surface area contributed by atoms with Gasteiger partial charge in [-0.25, -0.2) is 8.42 Å². The van der Waals surface area contributed by atoms with E-state index in [1.807, 2.05) is 24.3 Å². The van der Waals surface area contributed by atoms with Crippen molar-refractivity contribution in [3.8, 4) is 22.9 Å². The van der Waals surface area contributed by atoms with Crippen molar-refractivity contribution in [1.82, 2.24) is 19.3 Å². The third-order valence-corrected chi connectivity index (χ3v) is 7.06. The van der Waals surface area contributed by atoms with Gasteiger partial charge in [0.15, 0.2) is 11.5 Å². The average molecular weight is 539 g/mol. The van der Waals surface area contributed by atoms with E-state index in [4.69, 9.17) is 14.0 Å². The first kappa shape index (κ1) is 24.7. The third-order valence-electron chi connectivity index (χ3n) is 4.77. The fourth-order valence-electron chi connectivity index (χ4n) is 2.91. The molecule has 0 aliphatic heterocycles. The van der Waals surface area contributed by atoms with Crippen LogP contribution in [0, 0.1) is 0 Å². The number of aromatic nitrogens is 2. The third kappa shape index (κ3) is 5.70. The predicted molar refractivity (Wildman–Crippen MR) is 123 cm³/mol. The molecule has 0 fully saturated rings. The molecule has 12 heteroatoms. The number of methoxy groups -OCH3 is 2. The zero-order chi connectivity index (χ0) is 24.2. The van der Waals surface area contributed by atoms with Gasteiger partial charge in [0.2, 0.25) is 27.6 Å². The smallest absolute Gasteiger partial charge is 0.246 e. The fraction of sp³-hybridized carbons (Fsp3) is 0.286. The van der Waals surface area contributed by atoms with Crippen LogP contribution in [0.4, 0.5) is 0 Å². The highest BCUT2D eigenvalue weighted by Crippen LogP contribution is 2.30. The molecule has 0 bridgehead atoms. The Morgan fingerprint density at radius 2 is 1.82 bits per heavy atom. The van der Waals surface area contributed by atoms with Gasteiger partial charge in [0, 0.05) is 30.2 Å².